The third-order valence-electron chi connectivity index (χ3n) is 4.70. The van der Waals surface area contributed by atoms with Crippen molar-refractivity contribution in [2.75, 3.05) is 14.2 Å². The van der Waals surface area contributed by atoms with Gasteiger partial charge in [0.05, 0.1) is 14.2 Å². The molecule has 164 valence electrons. The van der Waals surface area contributed by atoms with Gasteiger partial charge in [-0.05, 0) is 53.3 Å². The molecule has 9 heteroatoms. The van der Waals surface area contributed by atoms with Crippen molar-refractivity contribution in [3.8, 4) is 11.5 Å². The molecule has 0 unspecified atom stereocenters. The monoisotopic (exact) mass is 461 g/mol. The molecule has 0 aliphatic carbocycles. The van der Waals surface area contributed by atoms with Crippen LogP contribution in [0.25, 0.3) is 0 Å². The van der Waals surface area contributed by atoms with Gasteiger partial charge in [0, 0.05) is 13.1 Å². The van der Waals surface area contributed by atoms with E-state index in [9.17, 15) is 18.3 Å². The SMILES string of the molecule is COc1cccc(CN(Cc2cccc(OC)c2)S(=O)(=O)c2c(C)csc2C(=O)O)c1. The van der Waals surface area contributed by atoms with Crippen LogP contribution in [0.15, 0.2) is 58.8 Å². The summed E-state index contributed by atoms with van der Waals surface area (Å²) in [7, 11) is -1.04. The molecule has 7 nitrogen and oxygen atoms in total. The first-order valence-electron chi connectivity index (χ1n) is 9.33. The van der Waals surface area contributed by atoms with Gasteiger partial charge < -0.3 is 14.6 Å². The highest BCUT2D eigenvalue weighted by Gasteiger charge is 2.32. The van der Waals surface area contributed by atoms with E-state index in [1.54, 1.807) is 60.8 Å². The predicted octanol–water partition coefficient (Wildman–Crippen LogP) is 4.16. The van der Waals surface area contributed by atoms with Gasteiger partial charge in [0.15, 0.2) is 0 Å². The lowest BCUT2D eigenvalue weighted by Crippen LogP contribution is -2.31. The largest absolute Gasteiger partial charge is 0.497 e. The van der Waals surface area contributed by atoms with Gasteiger partial charge >= 0.3 is 5.97 Å². The number of aromatic carboxylic acids is 1. The Morgan fingerprint density at radius 3 is 1.97 bits per heavy atom. The number of thiophene rings is 1. The van der Waals surface area contributed by atoms with E-state index in [0.717, 1.165) is 22.5 Å². The van der Waals surface area contributed by atoms with Gasteiger partial charge in [-0.25, -0.2) is 13.2 Å². The van der Waals surface area contributed by atoms with Gasteiger partial charge in [0.25, 0.3) is 0 Å². The normalized spacial score (nSPS) is 11.5. The molecule has 31 heavy (non-hydrogen) atoms. The van der Waals surface area contributed by atoms with Crippen LogP contribution in [0.5, 0.6) is 11.5 Å². The Kier molecular flexibility index (Phi) is 6.99. The molecule has 3 aromatic rings. The molecule has 0 amide bonds. The highest BCUT2D eigenvalue weighted by Crippen LogP contribution is 2.32. The summed E-state index contributed by atoms with van der Waals surface area (Å²) in [5.74, 6) is -0.0530. The van der Waals surface area contributed by atoms with Crippen molar-refractivity contribution < 1.29 is 27.8 Å². The first kappa shape index (κ1) is 22.8. The molecule has 2 aromatic carbocycles. The molecule has 1 heterocycles. The maximum atomic E-state index is 13.7. The molecule has 0 saturated carbocycles. The average Bonchev–Trinajstić information content (AvgIpc) is 3.16. The lowest BCUT2D eigenvalue weighted by atomic mass is 10.2. The van der Waals surface area contributed by atoms with Crippen molar-refractivity contribution in [3.05, 3.63) is 75.5 Å². The number of methoxy groups -OCH3 is 2. The zero-order chi connectivity index (χ0) is 22.6. The van der Waals surface area contributed by atoms with Gasteiger partial charge in [-0.2, -0.15) is 4.31 Å². The summed E-state index contributed by atoms with van der Waals surface area (Å²) in [4.78, 5) is 11.3. The molecule has 0 atom stereocenters. The average molecular weight is 462 g/mol. The Morgan fingerprint density at radius 2 is 1.52 bits per heavy atom. The molecule has 3 rings (SSSR count). The summed E-state index contributed by atoms with van der Waals surface area (Å²) in [6, 6.07) is 14.2. The maximum absolute atomic E-state index is 13.7. The van der Waals surface area contributed by atoms with Crippen LogP contribution in [-0.2, 0) is 23.1 Å². The number of carbonyl (C=O) groups is 1. The van der Waals surface area contributed by atoms with Crippen molar-refractivity contribution in [2.45, 2.75) is 24.9 Å². The second-order valence-corrected chi connectivity index (χ2v) is 9.61. The number of nitrogens with zero attached hydrogens (tertiary/aromatic N) is 1. The van der Waals surface area contributed by atoms with Gasteiger partial charge in [-0.15, -0.1) is 11.3 Å². The Balaban J connectivity index is 2.07. The summed E-state index contributed by atoms with van der Waals surface area (Å²) in [6.45, 7) is 1.70. The Morgan fingerprint density at radius 1 is 1.00 bits per heavy atom. The smallest absolute Gasteiger partial charge is 0.347 e. The van der Waals surface area contributed by atoms with Crippen LogP contribution in [-0.4, -0.2) is 38.0 Å². The number of rotatable bonds is 9. The van der Waals surface area contributed by atoms with E-state index in [2.05, 4.69) is 0 Å². The lowest BCUT2D eigenvalue weighted by molar-refractivity contribution is 0.0698. The van der Waals surface area contributed by atoms with E-state index in [-0.39, 0.29) is 22.9 Å². The fraction of sp³-hybridized carbons (Fsp3) is 0.227. The van der Waals surface area contributed by atoms with Crippen molar-refractivity contribution in [2.24, 2.45) is 0 Å². The molecule has 0 aliphatic heterocycles. The Bertz CT molecular complexity index is 1140. The minimum absolute atomic E-state index is 0.0467. The van der Waals surface area contributed by atoms with E-state index in [1.807, 2.05) is 0 Å². The Labute approximate surface area is 185 Å². The molecular formula is C22H23NO6S2. The molecule has 1 N–H and O–H groups in total. The van der Waals surface area contributed by atoms with Crippen LogP contribution in [0.3, 0.4) is 0 Å². The third-order valence-corrected chi connectivity index (χ3v) is 7.89. The minimum Gasteiger partial charge on any atom is -0.497 e. The van der Waals surface area contributed by atoms with E-state index in [1.165, 1.54) is 18.5 Å². The van der Waals surface area contributed by atoms with Gasteiger partial charge in [-0.1, -0.05) is 24.3 Å². The van der Waals surface area contributed by atoms with Crippen molar-refractivity contribution in [3.63, 3.8) is 0 Å². The van der Waals surface area contributed by atoms with Crippen LogP contribution in [0.4, 0.5) is 0 Å². The van der Waals surface area contributed by atoms with E-state index < -0.39 is 16.0 Å². The fourth-order valence-electron chi connectivity index (χ4n) is 3.21. The lowest BCUT2D eigenvalue weighted by Gasteiger charge is -2.23. The van der Waals surface area contributed by atoms with Crippen LogP contribution < -0.4 is 9.47 Å². The number of aryl methyl sites for hydroxylation is 1. The molecule has 0 fully saturated rings. The third kappa shape index (κ3) is 5.07. The molecule has 0 aliphatic rings. The minimum atomic E-state index is -4.12. The second-order valence-electron chi connectivity index (χ2n) is 6.86. The van der Waals surface area contributed by atoms with Crippen LogP contribution in [0.1, 0.15) is 26.4 Å². The summed E-state index contributed by atoms with van der Waals surface area (Å²) < 4.78 is 39.1. The number of ether oxygens (including phenoxy) is 2. The first-order valence-corrected chi connectivity index (χ1v) is 11.7. The van der Waals surface area contributed by atoms with Crippen molar-refractivity contribution >= 4 is 27.3 Å². The summed E-state index contributed by atoms with van der Waals surface area (Å²) in [6.07, 6.45) is 0. The Hall–Kier alpha value is -2.88. The van der Waals surface area contributed by atoms with Crippen LogP contribution >= 0.6 is 11.3 Å². The summed E-state index contributed by atoms with van der Waals surface area (Å²) >= 11 is 0.908. The van der Waals surface area contributed by atoms with Crippen molar-refractivity contribution in [1.29, 1.82) is 0 Å². The van der Waals surface area contributed by atoms with Gasteiger partial charge in [0.1, 0.15) is 21.3 Å². The number of sulfonamides is 1. The van der Waals surface area contributed by atoms with E-state index in [0.29, 0.717) is 17.1 Å². The maximum Gasteiger partial charge on any atom is 0.347 e. The molecule has 0 radical (unpaired) electrons. The zero-order valence-electron chi connectivity index (χ0n) is 17.4. The molecule has 0 bridgehead atoms. The number of benzene rings is 2. The van der Waals surface area contributed by atoms with E-state index in [4.69, 9.17) is 9.47 Å². The molecule has 0 spiro atoms. The standard InChI is InChI=1S/C22H23NO6S2/c1-15-14-30-20(22(24)25)21(15)31(26,27)23(12-16-6-4-8-18(10-16)28-2)13-17-7-5-9-19(11-17)29-3/h4-11,14H,12-13H2,1-3H3,(H,24,25). The highest BCUT2D eigenvalue weighted by atomic mass is 32.2. The molecular weight excluding hydrogens is 438 g/mol. The zero-order valence-corrected chi connectivity index (χ0v) is 19.0. The number of carboxylic acid groups (broad SMARTS) is 1. The predicted molar refractivity (Wildman–Crippen MR) is 118 cm³/mol. The van der Waals surface area contributed by atoms with Gasteiger partial charge in [-0.3, -0.25) is 0 Å². The quantitative estimate of drug-likeness (QED) is 0.514. The van der Waals surface area contributed by atoms with E-state index >= 15 is 0 Å². The van der Waals surface area contributed by atoms with Gasteiger partial charge in [0.2, 0.25) is 10.0 Å². The van der Waals surface area contributed by atoms with Crippen LogP contribution in [0, 0.1) is 6.92 Å². The van der Waals surface area contributed by atoms with Crippen molar-refractivity contribution in [1.82, 2.24) is 4.31 Å². The fourth-order valence-corrected chi connectivity index (χ4v) is 6.21. The van der Waals surface area contributed by atoms with Crippen LogP contribution in [0.2, 0.25) is 0 Å². The topological polar surface area (TPSA) is 93.1 Å². The first-order chi connectivity index (χ1) is 14.8. The summed E-state index contributed by atoms with van der Waals surface area (Å²) in [5, 5.41) is 11.1. The second kappa shape index (κ2) is 9.51. The summed E-state index contributed by atoms with van der Waals surface area (Å²) in [5.41, 5.74) is 1.84. The molecule has 1 aromatic heterocycles. The molecule has 0 saturated heterocycles. The number of hydrogen-bond donors (Lipinski definition) is 1. The highest BCUT2D eigenvalue weighted by molar-refractivity contribution is 7.89. The number of carboxylic acids is 1. The number of hydrogen-bond acceptors (Lipinski definition) is 6.